The van der Waals surface area contributed by atoms with Crippen LogP contribution in [0.25, 0.3) is 0 Å². The standard InChI is InChI=1S/C13H19N3O2S.2ClH/c1-9-15-10(8-19-9)7-16-4-5-18-12-6-14-3-2-11(12)13(16)17;;/h8,11-12,14H,2-7H2,1H3;2*1H/t11-,12+;;/m1../s1. The molecule has 1 N–H and O–H groups in total. The lowest BCUT2D eigenvalue weighted by Gasteiger charge is -2.30. The second kappa shape index (κ2) is 8.29. The molecule has 0 aliphatic carbocycles. The van der Waals surface area contributed by atoms with Crippen LogP contribution in [0, 0.1) is 12.8 Å². The lowest BCUT2D eigenvalue weighted by atomic mass is 9.93. The Morgan fingerprint density at radius 3 is 3.05 bits per heavy atom. The van der Waals surface area contributed by atoms with E-state index in [1.165, 1.54) is 0 Å². The molecule has 21 heavy (non-hydrogen) atoms. The van der Waals surface area contributed by atoms with Gasteiger partial charge in [0, 0.05) is 18.5 Å². The fourth-order valence-electron chi connectivity index (χ4n) is 2.78. The minimum Gasteiger partial charge on any atom is -0.374 e. The van der Waals surface area contributed by atoms with Crippen molar-refractivity contribution in [1.82, 2.24) is 15.2 Å². The monoisotopic (exact) mass is 353 g/mol. The van der Waals surface area contributed by atoms with Crippen LogP contribution in [0.3, 0.4) is 0 Å². The van der Waals surface area contributed by atoms with Gasteiger partial charge in [-0.2, -0.15) is 0 Å². The first kappa shape index (κ1) is 18.6. The second-order valence-corrected chi connectivity index (χ2v) is 6.19. The maximum absolute atomic E-state index is 12.6. The van der Waals surface area contributed by atoms with Crippen molar-refractivity contribution in [3.8, 4) is 0 Å². The Bertz CT molecular complexity index is 472. The highest BCUT2D eigenvalue weighted by Gasteiger charge is 2.36. The summed E-state index contributed by atoms with van der Waals surface area (Å²) in [5, 5.41) is 6.38. The number of carbonyl (C=O) groups is 1. The topological polar surface area (TPSA) is 54.5 Å². The molecule has 1 aromatic rings. The number of ether oxygens (including phenoxy) is 1. The molecule has 5 nitrogen and oxygen atoms in total. The number of thiazole rings is 1. The first-order chi connectivity index (χ1) is 9.24. The molecule has 1 amide bonds. The summed E-state index contributed by atoms with van der Waals surface area (Å²) in [6, 6.07) is 0. The summed E-state index contributed by atoms with van der Waals surface area (Å²) in [5.41, 5.74) is 0.989. The molecule has 2 aliphatic rings. The summed E-state index contributed by atoms with van der Waals surface area (Å²) in [7, 11) is 0. The molecule has 3 heterocycles. The van der Waals surface area contributed by atoms with Crippen LogP contribution >= 0.6 is 36.2 Å². The van der Waals surface area contributed by atoms with E-state index in [2.05, 4.69) is 10.3 Å². The maximum atomic E-state index is 12.6. The van der Waals surface area contributed by atoms with Gasteiger partial charge in [-0.25, -0.2) is 4.98 Å². The zero-order chi connectivity index (χ0) is 13.2. The number of fused-ring (bicyclic) bond motifs is 1. The highest BCUT2D eigenvalue weighted by atomic mass is 35.5. The van der Waals surface area contributed by atoms with E-state index in [1.807, 2.05) is 17.2 Å². The van der Waals surface area contributed by atoms with Gasteiger partial charge >= 0.3 is 0 Å². The number of nitrogens with one attached hydrogen (secondary N) is 1. The van der Waals surface area contributed by atoms with Crippen LogP contribution < -0.4 is 5.32 Å². The van der Waals surface area contributed by atoms with E-state index >= 15 is 0 Å². The van der Waals surface area contributed by atoms with E-state index in [-0.39, 0.29) is 42.7 Å². The van der Waals surface area contributed by atoms with Gasteiger partial charge in [-0.3, -0.25) is 4.79 Å². The molecule has 2 atom stereocenters. The lowest BCUT2D eigenvalue weighted by Crippen LogP contribution is -2.47. The van der Waals surface area contributed by atoms with Crippen LogP contribution in [0.15, 0.2) is 5.38 Å². The van der Waals surface area contributed by atoms with Gasteiger partial charge in [-0.15, -0.1) is 36.2 Å². The van der Waals surface area contributed by atoms with Gasteiger partial charge in [0.25, 0.3) is 0 Å². The quantitative estimate of drug-likeness (QED) is 0.877. The van der Waals surface area contributed by atoms with E-state index in [4.69, 9.17) is 4.74 Å². The van der Waals surface area contributed by atoms with Crippen molar-refractivity contribution in [2.45, 2.75) is 26.0 Å². The average molecular weight is 354 g/mol. The number of aryl methyl sites for hydroxylation is 1. The van der Waals surface area contributed by atoms with Crippen LogP contribution in [-0.2, 0) is 16.1 Å². The Morgan fingerprint density at radius 2 is 2.33 bits per heavy atom. The second-order valence-electron chi connectivity index (χ2n) is 5.13. The van der Waals surface area contributed by atoms with Gasteiger partial charge in [0.2, 0.25) is 5.91 Å². The molecule has 0 unspecified atom stereocenters. The highest BCUT2D eigenvalue weighted by molar-refractivity contribution is 7.09. The van der Waals surface area contributed by atoms with Crippen LogP contribution in [0.4, 0.5) is 0 Å². The third kappa shape index (κ3) is 4.29. The number of nitrogens with zero attached hydrogens (tertiary/aromatic N) is 2. The van der Waals surface area contributed by atoms with Gasteiger partial charge in [0.1, 0.15) is 0 Å². The number of hydrogen-bond donors (Lipinski definition) is 1. The normalized spacial score (nSPS) is 25.4. The molecule has 0 radical (unpaired) electrons. The maximum Gasteiger partial charge on any atom is 0.228 e. The molecule has 0 saturated carbocycles. The molecule has 8 heteroatoms. The smallest absolute Gasteiger partial charge is 0.228 e. The van der Waals surface area contributed by atoms with E-state index < -0.39 is 0 Å². The Hall–Kier alpha value is -0.400. The van der Waals surface area contributed by atoms with Crippen molar-refractivity contribution >= 4 is 42.1 Å². The largest absolute Gasteiger partial charge is 0.374 e. The summed E-state index contributed by atoms with van der Waals surface area (Å²) < 4.78 is 5.81. The van der Waals surface area contributed by atoms with Crippen molar-refractivity contribution in [2.24, 2.45) is 5.92 Å². The van der Waals surface area contributed by atoms with Crippen LogP contribution in [0.2, 0.25) is 0 Å². The number of hydrogen-bond acceptors (Lipinski definition) is 5. The Morgan fingerprint density at radius 1 is 1.52 bits per heavy atom. The van der Waals surface area contributed by atoms with Crippen LogP contribution in [0.1, 0.15) is 17.1 Å². The van der Waals surface area contributed by atoms with Gasteiger partial charge in [-0.1, -0.05) is 0 Å². The van der Waals surface area contributed by atoms with Gasteiger partial charge in [0.05, 0.1) is 35.9 Å². The number of carbonyl (C=O) groups excluding carboxylic acids is 1. The third-order valence-electron chi connectivity index (χ3n) is 3.77. The van der Waals surface area contributed by atoms with E-state index in [9.17, 15) is 4.79 Å². The van der Waals surface area contributed by atoms with Gasteiger partial charge in [-0.05, 0) is 19.9 Å². The first-order valence-corrected chi connectivity index (χ1v) is 7.64. The number of aromatic nitrogens is 1. The summed E-state index contributed by atoms with van der Waals surface area (Å²) in [6.45, 7) is 5.59. The number of piperidine rings is 1. The fourth-order valence-corrected chi connectivity index (χ4v) is 3.38. The summed E-state index contributed by atoms with van der Waals surface area (Å²) in [5.74, 6) is 0.248. The van der Waals surface area contributed by atoms with Crippen LogP contribution in [-0.4, -0.2) is 48.1 Å². The Kier molecular flexibility index (Phi) is 7.36. The zero-order valence-corrected chi connectivity index (χ0v) is 14.4. The van der Waals surface area contributed by atoms with Crippen molar-refractivity contribution in [3.05, 3.63) is 16.1 Å². The molecule has 2 fully saturated rings. The molecular formula is C13H21Cl2N3O2S. The summed E-state index contributed by atoms with van der Waals surface area (Å²) in [4.78, 5) is 18.9. The van der Waals surface area contributed by atoms with Crippen molar-refractivity contribution in [3.63, 3.8) is 0 Å². The summed E-state index contributed by atoms with van der Waals surface area (Å²) in [6.07, 6.45) is 0.916. The van der Waals surface area contributed by atoms with Gasteiger partial charge in [0.15, 0.2) is 0 Å². The van der Waals surface area contributed by atoms with Crippen molar-refractivity contribution in [1.29, 1.82) is 0 Å². The van der Waals surface area contributed by atoms with E-state index in [0.717, 1.165) is 30.2 Å². The molecule has 1 aromatic heterocycles. The molecule has 0 aromatic carbocycles. The number of halogens is 2. The van der Waals surface area contributed by atoms with Crippen molar-refractivity contribution < 1.29 is 9.53 Å². The van der Waals surface area contributed by atoms with Crippen LogP contribution in [0.5, 0.6) is 0 Å². The Labute approximate surface area is 141 Å². The zero-order valence-electron chi connectivity index (χ0n) is 11.9. The van der Waals surface area contributed by atoms with Crippen molar-refractivity contribution in [2.75, 3.05) is 26.2 Å². The molecule has 0 bridgehead atoms. The SMILES string of the molecule is Cc1nc(CN2CCO[C@H]3CNCC[C@H]3C2=O)cs1.Cl.Cl. The molecule has 2 saturated heterocycles. The highest BCUT2D eigenvalue weighted by Crippen LogP contribution is 2.23. The van der Waals surface area contributed by atoms with Gasteiger partial charge < -0.3 is 15.0 Å². The lowest BCUT2D eigenvalue weighted by molar-refractivity contribution is -0.138. The molecule has 0 spiro atoms. The minimum absolute atomic E-state index is 0. The summed E-state index contributed by atoms with van der Waals surface area (Å²) >= 11 is 1.63. The number of rotatable bonds is 2. The Balaban J connectivity index is 0.00000110. The molecule has 3 rings (SSSR count). The van der Waals surface area contributed by atoms with E-state index in [1.54, 1.807) is 11.3 Å². The molecular weight excluding hydrogens is 333 g/mol. The minimum atomic E-state index is 0. The van der Waals surface area contributed by atoms with E-state index in [0.29, 0.717) is 19.7 Å². The number of amides is 1. The predicted octanol–water partition coefficient (Wildman–Crippen LogP) is 1.63. The predicted molar refractivity (Wildman–Crippen MR) is 87.5 cm³/mol. The first-order valence-electron chi connectivity index (χ1n) is 6.76. The fraction of sp³-hybridized carbons (Fsp3) is 0.692. The average Bonchev–Trinajstić information content (AvgIpc) is 2.75. The molecule has 2 aliphatic heterocycles. The molecule has 120 valence electrons. The third-order valence-corrected chi connectivity index (χ3v) is 4.59.